The number of fused-ring (bicyclic) bond motifs is 2. The molecule has 136 valence electrons. The molecule has 4 rings (SSSR count). The maximum Gasteiger partial charge on any atom is 0.317 e. The number of rotatable bonds is 3. The van der Waals surface area contributed by atoms with Crippen LogP contribution in [0.4, 0.5) is 14.9 Å². The Morgan fingerprint density at radius 1 is 1.28 bits per heavy atom. The van der Waals surface area contributed by atoms with Crippen molar-refractivity contribution in [3.8, 4) is 5.75 Å². The second kappa shape index (κ2) is 6.71. The summed E-state index contributed by atoms with van der Waals surface area (Å²) in [6.45, 7) is 2.73. The van der Waals surface area contributed by atoms with Crippen molar-refractivity contribution in [3.05, 3.63) is 24.0 Å². The lowest BCUT2D eigenvalue weighted by molar-refractivity contribution is 0.0969. The largest absolute Gasteiger partial charge is 0.494 e. The number of carbonyl (C=O) groups is 1. The van der Waals surface area contributed by atoms with Crippen LogP contribution in [0.3, 0.4) is 0 Å². The number of carbonyl (C=O) groups excluding carboxylic acids is 1. The molecule has 6 nitrogen and oxygen atoms in total. The molecule has 1 N–H and O–H groups in total. The van der Waals surface area contributed by atoms with E-state index in [1.807, 2.05) is 4.90 Å². The number of benzene rings is 1. The first kappa shape index (κ1) is 16.4. The fourth-order valence-corrected chi connectivity index (χ4v) is 4.05. The average Bonchev–Trinajstić information content (AvgIpc) is 3.25. The number of methoxy groups -OCH3 is 1. The summed E-state index contributed by atoms with van der Waals surface area (Å²) in [6.07, 6.45) is 3.64. The van der Waals surface area contributed by atoms with Crippen molar-refractivity contribution in [2.45, 2.75) is 37.5 Å². The fourth-order valence-electron chi connectivity index (χ4n) is 4.05. The first-order valence-corrected chi connectivity index (χ1v) is 8.93. The minimum atomic E-state index is -0.364. The summed E-state index contributed by atoms with van der Waals surface area (Å²) in [5, 5.41) is 3.13. The lowest BCUT2D eigenvalue weighted by Gasteiger charge is -2.37. The first-order chi connectivity index (χ1) is 12.1. The molecule has 0 unspecified atom stereocenters. The van der Waals surface area contributed by atoms with Crippen LogP contribution in [0, 0.1) is 5.82 Å². The Balaban J connectivity index is 1.31. The van der Waals surface area contributed by atoms with Gasteiger partial charge in [0.15, 0.2) is 11.6 Å². The van der Waals surface area contributed by atoms with Crippen LogP contribution in [0.15, 0.2) is 18.2 Å². The lowest BCUT2D eigenvalue weighted by Crippen LogP contribution is -2.54. The summed E-state index contributed by atoms with van der Waals surface area (Å²) in [7, 11) is 1.46. The Bertz CT molecular complexity index is 648. The maximum atomic E-state index is 13.5. The number of hydrogen-bond donors (Lipinski definition) is 1. The SMILES string of the molecule is COc1cc(N2CCN(C(=O)N[C@@H]3C[C@H]4CC[C@H]3O4)CC2)ccc1F. The molecule has 3 saturated heterocycles. The van der Waals surface area contributed by atoms with E-state index in [1.54, 1.807) is 12.1 Å². The molecule has 3 atom stereocenters. The predicted octanol–water partition coefficient (Wildman–Crippen LogP) is 1.99. The first-order valence-electron chi connectivity index (χ1n) is 8.93. The predicted molar refractivity (Wildman–Crippen MR) is 91.6 cm³/mol. The number of urea groups is 1. The third kappa shape index (κ3) is 3.25. The molecule has 0 radical (unpaired) electrons. The van der Waals surface area contributed by atoms with E-state index >= 15 is 0 Å². The van der Waals surface area contributed by atoms with Gasteiger partial charge in [0, 0.05) is 37.9 Å². The van der Waals surface area contributed by atoms with E-state index in [0.29, 0.717) is 19.2 Å². The quantitative estimate of drug-likeness (QED) is 0.907. The number of nitrogens with zero attached hydrogens (tertiary/aromatic N) is 2. The number of amides is 2. The zero-order valence-electron chi connectivity index (χ0n) is 14.4. The minimum absolute atomic E-state index is 0.00233. The highest BCUT2D eigenvalue weighted by atomic mass is 19.1. The summed E-state index contributed by atoms with van der Waals surface area (Å²) in [4.78, 5) is 16.5. The average molecular weight is 349 g/mol. The van der Waals surface area contributed by atoms with E-state index in [1.165, 1.54) is 13.2 Å². The summed E-state index contributed by atoms with van der Waals surface area (Å²) < 4.78 is 24.4. The molecule has 0 aliphatic carbocycles. The minimum Gasteiger partial charge on any atom is -0.494 e. The van der Waals surface area contributed by atoms with Gasteiger partial charge in [-0.3, -0.25) is 0 Å². The number of anilines is 1. The van der Waals surface area contributed by atoms with Crippen LogP contribution in [0.1, 0.15) is 19.3 Å². The van der Waals surface area contributed by atoms with Crippen LogP contribution in [-0.4, -0.2) is 62.5 Å². The molecule has 3 aliphatic heterocycles. The van der Waals surface area contributed by atoms with Crippen LogP contribution in [-0.2, 0) is 4.74 Å². The van der Waals surface area contributed by atoms with Crippen LogP contribution >= 0.6 is 0 Å². The van der Waals surface area contributed by atoms with E-state index in [0.717, 1.165) is 38.0 Å². The van der Waals surface area contributed by atoms with Crippen molar-refractivity contribution in [2.75, 3.05) is 38.2 Å². The summed E-state index contributed by atoms with van der Waals surface area (Å²) in [5.41, 5.74) is 0.916. The number of nitrogens with one attached hydrogen (secondary N) is 1. The molecule has 7 heteroatoms. The highest BCUT2D eigenvalue weighted by molar-refractivity contribution is 5.75. The molecule has 1 aromatic carbocycles. The third-order valence-electron chi connectivity index (χ3n) is 5.48. The van der Waals surface area contributed by atoms with E-state index in [4.69, 9.17) is 9.47 Å². The zero-order valence-corrected chi connectivity index (χ0v) is 14.4. The van der Waals surface area contributed by atoms with Gasteiger partial charge in [0.25, 0.3) is 0 Å². The molecule has 2 amide bonds. The van der Waals surface area contributed by atoms with Crippen molar-refractivity contribution >= 4 is 11.7 Å². The second-order valence-electron chi connectivity index (χ2n) is 6.96. The smallest absolute Gasteiger partial charge is 0.317 e. The summed E-state index contributed by atoms with van der Waals surface area (Å²) >= 11 is 0. The van der Waals surface area contributed by atoms with E-state index in [-0.39, 0.29) is 29.7 Å². The van der Waals surface area contributed by atoms with Gasteiger partial charge < -0.3 is 24.6 Å². The van der Waals surface area contributed by atoms with Gasteiger partial charge in [0.1, 0.15) is 0 Å². The van der Waals surface area contributed by atoms with E-state index < -0.39 is 0 Å². The molecule has 2 bridgehead atoms. The molecule has 0 saturated carbocycles. The summed E-state index contributed by atoms with van der Waals surface area (Å²) in [6, 6.07) is 5.03. The van der Waals surface area contributed by atoms with Gasteiger partial charge >= 0.3 is 6.03 Å². The second-order valence-corrected chi connectivity index (χ2v) is 6.96. The molecule has 3 fully saturated rings. The molecule has 3 aliphatic rings. The lowest BCUT2D eigenvalue weighted by atomic mass is 9.96. The normalized spacial score (nSPS) is 28.3. The van der Waals surface area contributed by atoms with Crippen molar-refractivity contribution < 1.29 is 18.7 Å². The van der Waals surface area contributed by atoms with Crippen molar-refractivity contribution in [1.82, 2.24) is 10.2 Å². The molecule has 1 aromatic rings. The Morgan fingerprint density at radius 3 is 2.72 bits per heavy atom. The number of piperazine rings is 1. The number of ether oxygens (including phenoxy) is 2. The van der Waals surface area contributed by atoms with E-state index in [9.17, 15) is 9.18 Å². The van der Waals surface area contributed by atoms with Crippen LogP contribution in [0.25, 0.3) is 0 Å². The highest BCUT2D eigenvalue weighted by Gasteiger charge is 2.42. The van der Waals surface area contributed by atoms with Crippen LogP contribution < -0.4 is 15.0 Å². The Hall–Kier alpha value is -2.02. The highest BCUT2D eigenvalue weighted by Crippen LogP contribution is 2.34. The van der Waals surface area contributed by atoms with Crippen molar-refractivity contribution in [2.24, 2.45) is 0 Å². The molecule has 0 spiro atoms. The van der Waals surface area contributed by atoms with Gasteiger partial charge in [-0.1, -0.05) is 0 Å². The van der Waals surface area contributed by atoms with Gasteiger partial charge in [0.2, 0.25) is 0 Å². The topological polar surface area (TPSA) is 54.0 Å². The third-order valence-corrected chi connectivity index (χ3v) is 5.48. The fraction of sp³-hybridized carbons (Fsp3) is 0.611. The van der Waals surface area contributed by atoms with Crippen molar-refractivity contribution in [3.63, 3.8) is 0 Å². The van der Waals surface area contributed by atoms with Gasteiger partial charge in [-0.15, -0.1) is 0 Å². The molecule has 0 aromatic heterocycles. The van der Waals surface area contributed by atoms with Crippen LogP contribution in [0.5, 0.6) is 5.75 Å². The van der Waals surface area contributed by atoms with Crippen LogP contribution in [0.2, 0.25) is 0 Å². The van der Waals surface area contributed by atoms with Gasteiger partial charge in [0.05, 0.1) is 25.4 Å². The Kier molecular flexibility index (Phi) is 4.41. The van der Waals surface area contributed by atoms with Crippen molar-refractivity contribution in [1.29, 1.82) is 0 Å². The van der Waals surface area contributed by atoms with Gasteiger partial charge in [-0.25, -0.2) is 9.18 Å². The maximum absolute atomic E-state index is 13.5. The molecular weight excluding hydrogens is 325 g/mol. The Morgan fingerprint density at radius 2 is 2.08 bits per heavy atom. The number of halogens is 1. The Labute approximate surface area is 146 Å². The standard InChI is InChI=1S/C18H24FN3O3/c1-24-17-10-12(2-4-14(17)19)21-6-8-22(9-7-21)18(23)20-15-11-13-3-5-16(15)25-13/h2,4,10,13,15-16H,3,5-9,11H2,1H3,(H,20,23)/t13-,15-,16-/m1/s1. The zero-order chi connectivity index (χ0) is 17.4. The van der Waals surface area contributed by atoms with E-state index in [2.05, 4.69) is 10.2 Å². The van der Waals surface area contributed by atoms with Gasteiger partial charge in [-0.05, 0) is 31.4 Å². The number of hydrogen-bond acceptors (Lipinski definition) is 4. The van der Waals surface area contributed by atoms with Gasteiger partial charge in [-0.2, -0.15) is 0 Å². The summed E-state index contributed by atoms with van der Waals surface area (Å²) in [5.74, 6) is -0.119. The molecule has 25 heavy (non-hydrogen) atoms. The molecular formula is C18H24FN3O3. The molecule has 3 heterocycles. The monoisotopic (exact) mass is 349 g/mol.